The Bertz CT molecular complexity index is 1120. The van der Waals surface area contributed by atoms with Gasteiger partial charge in [-0.3, -0.25) is 9.20 Å². The van der Waals surface area contributed by atoms with Crippen LogP contribution in [0.3, 0.4) is 0 Å². The molecule has 0 aliphatic heterocycles. The SMILES string of the molecule is Cc1cc(C)c(NC(=O)c2ccc(-c3nnc4ncccn34)cc2)c(C)c1. The van der Waals surface area contributed by atoms with Gasteiger partial charge in [0.25, 0.3) is 11.7 Å². The molecule has 0 saturated heterocycles. The van der Waals surface area contributed by atoms with Gasteiger partial charge in [-0.2, -0.15) is 0 Å². The highest BCUT2D eigenvalue weighted by Crippen LogP contribution is 2.23. The Morgan fingerprint density at radius 3 is 2.41 bits per heavy atom. The van der Waals surface area contributed by atoms with Crippen molar-refractivity contribution in [3.05, 3.63) is 77.1 Å². The molecular weight excluding hydrogens is 338 g/mol. The number of anilines is 1. The molecule has 6 heteroatoms. The van der Waals surface area contributed by atoms with Crippen LogP contribution in [0.1, 0.15) is 27.0 Å². The summed E-state index contributed by atoms with van der Waals surface area (Å²) in [6.07, 6.45) is 3.54. The Hall–Kier alpha value is -3.54. The van der Waals surface area contributed by atoms with E-state index in [1.807, 2.05) is 49.6 Å². The number of hydrogen-bond donors (Lipinski definition) is 1. The van der Waals surface area contributed by atoms with Crippen molar-refractivity contribution < 1.29 is 4.79 Å². The Kier molecular flexibility index (Phi) is 4.16. The van der Waals surface area contributed by atoms with Crippen molar-refractivity contribution in [2.24, 2.45) is 0 Å². The zero-order valence-electron chi connectivity index (χ0n) is 15.4. The van der Waals surface area contributed by atoms with Crippen LogP contribution in [0.2, 0.25) is 0 Å². The number of carbonyl (C=O) groups is 1. The van der Waals surface area contributed by atoms with Crippen LogP contribution in [-0.2, 0) is 0 Å². The molecule has 0 aliphatic rings. The minimum absolute atomic E-state index is 0.135. The van der Waals surface area contributed by atoms with Crippen molar-refractivity contribution >= 4 is 17.4 Å². The monoisotopic (exact) mass is 357 g/mol. The molecule has 4 rings (SSSR count). The third-order valence-corrected chi connectivity index (χ3v) is 4.51. The highest BCUT2D eigenvalue weighted by Gasteiger charge is 2.12. The second-order valence-electron chi connectivity index (χ2n) is 6.62. The zero-order valence-corrected chi connectivity index (χ0v) is 15.4. The molecule has 0 aliphatic carbocycles. The fourth-order valence-corrected chi connectivity index (χ4v) is 3.27. The minimum atomic E-state index is -0.135. The highest BCUT2D eigenvalue weighted by molar-refractivity contribution is 6.05. The fourth-order valence-electron chi connectivity index (χ4n) is 3.27. The number of aryl methyl sites for hydroxylation is 3. The Morgan fingerprint density at radius 2 is 1.70 bits per heavy atom. The third-order valence-electron chi connectivity index (χ3n) is 4.51. The molecule has 0 spiro atoms. The van der Waals surface area contributed by atoms with Crippen LogP contribution < -0.4 is 5.32 Å². The van der Waals surface area contributed by atoms with Gasteiger partial charge in [-0.15, -0.1) is 10.2 Å². The molecule has 0 saturated carbocycles. The largest absolute Gasteiger partial charge is 0.322 e. The fraction of sp³-hybridized carbons (Fsp3) is 0.143. The van der Waals surface area contributed by atoms with E-state index in [9.17, 15) is 4.79 Å². The molecule has 0 radical (unpaired) electrons. The van der Waals surface area contributed by atoms with Crippen LogP contribution >= 0.6 is 0 Å². The molecule has 0 unspecified atom stereocenters. The molecule has 2 heterocycles. The number of nitrogens with one attached hydrogen (secondary N) is 1. The van der Waals surface area contributed by atoms with Crippen molar-refractivity contribution in [1.29, 1.82) is 0 Å². The highest BCUT2D eigenvalue weighted by atomic mass is 16.1. The average Bonchev–Trinajstić information content (AvgIpc) is 3.09. The summed E-state index contributed by atoms with van der Waals surface area (Å²) in [5.41, 5.74) is 5.62. The molecule has 27 heavy (non-hydrogen) atoms. The van der Waals surface area contributed by atoms with Gasteiger partial charge >= 0.3 is 0 Å². The standard InChI is InChI=1S/C21H19N5O/c1-13-11-14(2)18(15(3)12-13)23-20(27)17-7-5-16(6-8-17)19-24-25-21-22-9-4-10-26(19)21/h4-12H,1-3H3,(H,23,27). The van der Waals surface area contributed by atoms with E-state index < -0.39 is 0 Å². The second kappa shape index (κ2) is 6.64. The van der Waals surface area contributed by atoms with Gasteiger partial charge in [0.15, 0.2) is 5.82 Å². The lowest BCUT2D eigenvalue weighted by molar-refractivity contribution is 0.102. The predicted molar refractivity (Wildman–Crippen MR) is 105 cm³/mol. The summed E-state index contributed by atoms with van der Waals surface area (Å²) >= 11 is 0. The van der Waals surface area contributed by atoms with Crippen molar-refractivity contribution in [1.82, 2.24) is 19.6 Å². The summed E-state index contributed by atoms with van der Waals surface area (Å²) < 4.78 is 1.81. The third kappa shape index (κ3) is 3.17. The molecule has 1 amide bonds. The van der Waals surface area contributed by atoms with Crippen LogP contribution in [0.5, 0.6) is 0 Å². The molecule has 0 fully saturated rings. The first-order valence-corrected chi connectivity index (χ1v) is 8.68. The Labute approximate surface area is 156 Å². The molecule has 0 atom stereocenters. The van der Waals surface area contributed by atoms with Gasteiger partial charge in [-0.1, -0.05) is 29.8 Å². The van der Waals surface area contributed by atoms with E-state index in [0.717, 1.165) is 22.4 Å². The van der Waals surface area contributed by atoms with E-state index in [1.165, 1.54) is 5.56 Å². The van der Waals surface area contributed by atoms with Crippen LogP contribution in [0.4, 0.5) is 5.69 Å². The molecular formula is C21H19N5O. The molecule has 1 N–H and O–H groups in total. The van der Waals surface area contributed by atoms with E-state index in [0.29, 0.717) is 17.2 Å². The van der Waals surface area contributed by atoms with Gasteiger partial charge in [0, 0.05) is 29.2 Å². The van der Waals surface area contributed by atoms with E-state index in [2.05, 4.69) is 32.6 Å². The van der Waals surface area contributed by atoms with Crippen LogP contribution in [-0.4, -0.2) is 25.5 Å². The minimum Gasteiger partial charge on any atom is -0.322 e. The maximum atomic E-state index is 12.7. The van der Waals surface area contributed by atoms with Crippen molar-refractivity contribution in [2.75, 3.05) is 5.32 Å². The van der Waals surface area contributed by atoms with E-state index >= 15 is 0 Å². The van der Waals surface area contributed by atoms with Gasteiger partial charge in [0.05, 0.1) is 0 Å². The van der Waals surface area contributed by atoms with Crippen LogP contribution in [0.25, 0.3) is 17.2 Å². The number of amides is 1. The van der Waals surface area contributed by atoms with Crippen molar-refractivity contribution in [2.45, 2.75) is 20.8 Å². The summed E-state index contributed by atoms with van der Waals surface area (Å²) in [5, 5.41) is 11.3. The topological polar surface area (TPSA) is 72.2 Å². The number of hydrogen-bond acceptors (Lipinski definition) is 4. The summed E-state index contributed by atoms with van der Waals surface area (Å²) in [4.78, 5) is 16.8. The normalized spacial score (nSPS) is 10.9. The average molecular weight is 357 g/mol. The number of nitrogens with zero attached hydrogens (tertiary/aromatic N) is 4. The van der Waals surface area contributed by atoms with Gasteiger partial charge in [-0.05, 0) is 50.1 Å². The summed E-state index contributed by atoms with van der Waals surface area (Å²) in [5.74, 6) is 1.10. The molecule has 2 aromatic carbocycles. The summed E-state index contributed by atoms with van der Waals surface area (Å²) in [6, 6.07) is 13.3. The van der Waals surface area contributed by atoms with Crippen molar-refractivity contribution in [3.8, 4) is 11.4 Å². The Balaban J connectivity index is 1.60. The molecule has 134 valence electrons. The van der Waals surface area contributed by atoms with Gasteiger partial charge in [0.1, 0.15) is 0 Å². The molecule has 2 aromatic heterocycles. The molecule has 0 bridgehead atoms. The number of fused-ring (bicyclic) bond motifs is 1. The Morgan fingerprint density at radius 1 is 1.00 bits per heavy atom. The maximum Gasteiger partial charge on any atom is 0.255 e. The number of benzene rings is 2. The van der Waals surface area contributed by atoms with Crippen molar-refractivity contribution in [3.63, 3.8) is 0 Å². The smallest absolute Gasteiger partial charge is 0.255 e. The van der Waals surface area contributed by atoms with Gasteiger partial charge < -0.3 is 5.32 Å². The first kappa shape index (κ1) is 16.9. The number of aromatic nitrogens is 4. The van der Waals surface area contributed by atoms with E-state index in [-0.39, 0.29) is 5.91 Å². The zero-order chi connectivity index (χ0) is 19.0. The first-order chi connectivity index (χ1) is 13.0. The van der Waals surface area contributed by atoms with E-state index in [4.69, 9.17) is 0 Å². The lowest BCUT2D eigenvalue weighted by Crippen LogP contribution is -2.13. The predicted octanol–water partition coefficient (Wildman–Crippen LogP) is 3.97. The molecule has 4 aromatic rings. The number of rotatable bonds is 3. The lowest BCUT2D eigenvalue weighted by Gasteiger charge is -2.13. The summed E-state index contributed by atoms with van der Waals surface area (Å²) in [7, 11) is 0. The van der Waals surface area contributed by atoms with E-state index in [1.54, 1.807) is 18.3 Å². The van der Waals surface area contributed by atoms with Gasteiger partial charge in [0.2, 0.25) is 0 Å². The van der Waals surface area contributed by atoms with Crippen LogP contribution in [0.15, 0.2) is 54.9 Å². The maximum absolute atomic E-state index is 12.7. The van der Waals surface area contributed by atoms with Crippen LogP contribution in [0, 0.1) is 20.8 Å². The summed E-state index contributed by atoms with van der Waals surface area (Å²) in [6.45, 7) is 6.06. The van der Waals surface area contributed by atoms with Gasteiger partial charge in [-0.25, -0.2) is 4.98 Å². The quantitative estimate of drug-likeness (QED) is 0.602. The first-order valence-electron chi connectivity index (χ1n) is 8.68. The second-order valence-corrected chi connectivity index (χ2v) is 6.62. The molecule has 6 nitrogen and oxygen atoms in total. The number of carbonyl (C=O) groups excluding carboxylic acids is 1. The lowest BCUT2D eigenvalue weighted by atomic mass is 10.0.